The highest BCUT2D eigenvalue weighted by Gasteiger charge is 2.44. The summed E-state index contributed by atoms with van der Waals surface area (Å²) in [5.74, 6) is 1.41. The van der Waals surface area contributed by atoms with E-state index in [4.69, 9.17) is 9.84 Å². The quantitative estimate of drug-likeness (QED) is 0.305. The summed E-state index contributed by atoms with van der Waals surface area (Å²) in [6.45, 7) is 3.72. The van der Waals surface area contributed by atoms with Gasteiger partial charge in [-0.15, -0.1) is 0 Å². The number of unbranched alkanes of at least 4 members (excludes halogenated alkanes) is 3. The smallest absolute Gasteiger partial charge is 0.325 e. The van der Waals surface area contributed by atoms with Crippen LogP contribution in [0.15, 0.2) is 58.5 Å². The number of fused-ring (bicyclic) bond motifs is 3. The van der Waals surface area contributed by atoms with E-state index in [1.807, 2.05) is 48.5 Å². The zero-order valence-electron chi connectivity index (χ0n) is 19.2. The molecule has 7 nitrogen and oxygen atoms in total. The highest BCUT2D eigenvalue weighted by atomic mass is 32.2. The van der Waals surface area contributed by atoms with E-state index < -0.39 is 6.17 Å². The van der Waals surface area contributed by atoms with Gasteiger partial charge in [-0.1, -0.05) is 56.1 Å². The minimum Gasteiger partial charge on any atom is -0.497 e. The first-order chi connectivity index (χ1) is 16.0. The Hall–Kier alpha value is -3.13. The number of anilines is 1. The maximum absolute atomic E-state index is 13.3. The van der Waals surface area contributed by atoms with Crippen molar-refractivity contribution in [2.24, 2.45) is 0 Å². The molecular formula is C25H29N4O3S+. The lowest BCUT2D eigenvalue weighted by molar-refractivity contribution is -0.763. The van der Waals surface area contributed by atoms with Gasteiger partial charge in [0.2, 0.25) is 11.1 Å². The first-order valence-corrected chi connectivity index (χ1v) is 12.3. The summed E-state index contributed by atoms with van der Waals surface area (Å²) in [6.07, 6.45) is 3.99. The second kappa shape index (κ2) is 10.2. The minimum atomic E-state index is -0.607. The van der Waals surface area contributed by atoms with Crippen LogP contribution in [0.3, 0.4) is 0 Å². The third-order valence-electron chi connectivity index (χ3n) is 5.73. The lowest BCUT2D eigenvalue weighted by atomic mass is 10.0. The van der Waals surface area contributed by atoms with Crippen LogP contribution in [0, 0.1) is 0 Å². The van der Waals surface area contributed by atoms with Gasteiger partial charge in [-0.3, -0.25) is 14.6 Å². The monoisotopic (exact) mass is 465 g/mol. The average Bonchev–Trinajstić information content (AvgIpc) is 2.82. The van der Waals surface area contributed by atoms with Crippen LogP contribution in [-0.2, 0) is 4.79 Å². The van der Waals surface area contributed by atoms with Crippen LogP contribution < -0.4 is 19.9 Å². The lowest BCUT2D eigenvalue weighted by Crippen LogP contribution is -2.60. The van der Waals surface area contributed by atoms with Crippen LogP contribution in [0.5, 0.6) is 5.75 Å². The Morgan fingerprint density at radius 1 is 1.18 bits per heavy atom. The Labute approximate surface area is 197 Å². The SMILES string of the molecule is CCCCCCSc1n[n+]2c(c(=O)[nH]1)-c1ccccc1N(C(C)=O)[C@@H]2c1cccc(OC)c1. The molecule has 0 aliphatic carbocycles. The number of para-hydroxylation sites is 1. The molecule has 0 fully saturated rings. The molecule has 1 N–H and O–H groups in total. The highest BCUT2D eigenvalue weighted by molar-refractivity contribution is 7.99. The third kappa shape index (κ3) is 4.66. The number of ether oxygens (including phenoxy) is 1. The molecule has 0 spiro atoms. The molecule has 1 amide bonds. The molecule has 1 atom stereocenters. The Morgan fingerprint density at radius 2 is 2.00 bits per heavy atom. The minimum absolute atomic E-state index is 0.135. The number of H-pyrrole nitrogens is 1. The van der Waals surface area contributed by atoms with E-state index in [1.165, 1.54) is 31.5 Å². The molecule has 1 aromatic heterocycles. The van der Waals surface area contributed by atoms with Gasteiger partial charge in [0, 0.05) is 23.3 Å². The highest BCUT2D eigenvalue weighted by Crippen LogP contribution is 2.37. The van der Waals surface area contributed by atoms with Crippen molar-refractivity contribution in [1.29, 1.82) is 0 Å². The van der Waals surface area contributed by atoms with Crippen molar-refractivity contribution < 1.29 is 14.2 Å². The predicted octanol–water partition coefficient (Wildman–Crippen LogP) is 4.32. The Bertz CT molecular complexity index is 1210. The number of amides is 1. The Morgan fingerprint density at radius 3 is 2.76 bits per heavy atom. The van der Waals surface area contributed by atoms with Gasteiger partial charge >= 0.3 is 11.3 Å². The molecule has 2 heterocycles. The van der Waals surface area contributed by atoms with Crippen molar-refractivity contribution in [2.75, 3.05) is 17.8 Å². The number of aromatic nitrogens is 3. The lowest BCUT2D eigenvalue weighted by Gasteiger charge is -2.31. The largest absolute Gasteiger partial charge is 0.497 e. The summed E-state index contributed by atoms with van der Waals surface area (Å²) >= 11 is 1.54. The number of nitrogens with one attached hydrogen (secondary N) is 1. The number of thioether (sulfide) groups is 1. The van der Waals surface area contributed by atoms with Crippen molar-refractivity contribution in [3.63, 3.8) is 0 Å². The molecular weight excluding hydrogens is 436 g/mol. The zero-order valence-corrected chi connectivity index (χ0v) is 20.0. The van der Waals surface area contributed by atoms with E-state index in [-0.39, 0.29) is 11.5 Å². The van der Waals surface area contributed by atoms with Gasteiger partial charge in [0.25, 0.3) is 6.17 Å². The summed E-state index contributed by atoms with van der Waals surface area (Å²) in [5, 5.41) is 5.38. The number of aromatic amines is 1. The van der Waals surface area contributed by atoms with Crippen molar-refractivity contribution in [3.8, 4) is 17.0 Å². The molecule has 8 heteroatoms. The molecule has 0 bridgehead atoms. The molecule has 0 saturated carbocycles. The normalized spacial score (nSPS) is 14.5. The van der Waals surface area contributed by atoms with Gasteiger partial charge in [-0.05, 0) is 41.4 Å². The topological polar surface area (TPSA) is 79.2 Å². The van der Waals surface area contributed by atoms with Crippen LogP contribution in [-0.4, -0.2) is 28.9 Å². The molecule has 0 unspecified atom stereocenters. The Balaban J connectivity index is 1.86. The number of methoxy groups -OCH3 is 1. The summed E-state index contributed by atoms with van der Waals surface area (Å²) in [5.41, 5.74) is 2.39. The molecule has 4 rings (SSSR count). The van der Waals surface area contributed by atoms with Gasteiger partial charge in [-0.2, -0.15) is 0 Å². The molecule has 33 heavy (non-hydrogen) atoms. The average molecular weight is 466 g/mol. The van der Waals surface area contributed by atoms with E-state index in [1.54, 1.807) is 16.7 Å². The second-order valence-corrected chi connectivity index (χ2v) is 9.10. The van der Waals surface area contributed by atoms with Crippen molar-refractivity contribution in [3.05, 3.63) is 64.4 Å². The predicted molar refractivity (Wildman–Crippen MR) is 130 cm³/mol. The van der Waals surface area contributed by atoms with Crippen molar-refractivity contribution >= 4 is 23.4 Å². The zero-order chi connectivity index (χ0) is 23.4. The summed E-state index contributed by atoms with van der Waals surface area (Å²) in [4.78, 5) is 30.9. The first kappa shape index (κ1) is 23.0. The van der Waals surface area contributed by atoms with E-state index in [9.17, 15) is 9.59 Å². The Kier molecular flexibility index (Phi) is 7.13. The maximum Gasteiger partial charge on any atom is 0.325 e. The van der Waals surface area contributed by atoms with E-state index in [2.05, 4.69) is 11.9 Å². The van der Waals surface area contributed by atoms with Crippen LogP contribution in [0.25, 0.3) is 11.3 Å². The molecule has 172 valence electrons. The van der Waals surface area contributed by atoms with E-state index in [0.717, 1.165) is 24.2 Å². The van der Waals surface area contributed by atoms with Gasteiger partial charge in [-0.25, -0.2) is 4.90 Å². The van der Waals surface area contributed by atoms with Gasteiger partial charge < -0.3 is 4.74 Å². The number of rotatable bonds is 8. The number of carbonyl (C=O) groups excluding carboxylic acids is 1. The molecule has 0 saturated heterocycles. The number of carbonyl (C=O) groups is 1. The van der Waals surface area contributed by atoms with Crippen molar-refractivity contribution in [1.82, 2.24) is 10.1 Å². The summed E-state index contributed by atoms with van der Waals surface area (Å²) < 4.78 is 7.11. The van der Waals surface area contributed by atoms with E-state index >= 15 is 0 Å². The number of hydrogen-bond acceptors (Lipinski definition) is 5. The molecule has 0 radical (unpaired) electrons. The second-order valence-electron chi connectivity index (χ2n) is 8.02. The van der Waals surface area contributed by atoms with Gasteiger partial charge in [0.15, 0.2) is 0 Å². The molecule has 1 aliphatic heterocycles. The van der Waals surface area contributed by atoms with Crippen LogP contribution in [0.2, 0.25) is 0 Å². The van der Waals surface area contributed by atoms with Crippen LogP contribution in [0.1, 0.15) is 51.3 Å². The van der Waals surface area contributed by atoms with Crippen LogP contribution >= 0.6 is 11.8 Å². The summed E-state index contributed by atoms with van der Waals surface area (Å²) in [6, 6.07) is 15.0. The maximum atomic E-state index is 13.3. The van der Waals surface area contributed by atoms with E-state index in [0.29, 0.717) is 27.9 Å². The summed E-state index contributed by atoms with van der Waals surface area (Å²) in [7, 11) is 1.61. The third-order valence-corrected chi connectivity index (χ3v) is 6.68. The van der Waals surface area contributed by atoms with Crippen molar-refractivity contribution in [2.45, 2.75) is 50.9 Å². The molecule has 1 aliphatic rings. The molecule has 3 aromatic rings. The molecule has 2 aromatic carbocycles. The van der Waals surface area contributed by atoms with Crippen LogP contribution in [0.4, 0.5) is 5.69 Å². The fourth-order valence-electron chi connectivity index (χ4n) is 4.18. The van der Waals surface area contributed by atoms with Gasteiger partial charge in [0.1, 0.15) is 5.75 Å². The number of nitrogens with zero attached hydrogens (tertiary/aromatic N) is 3. The first-order valence-electron chi connectivity index (χ1n) is 11.3. The standard InChI is InChI=1S/C25H28N4O3S/c1-4-5-6-9-15-33-25-26-23(31)22-20-13-7-8-14-21(20)28(17(2)30)24(29(22)27-25)18-11-10-12-19(16-18)32-3/h7-8,10-14,16,24H,4-6,9,15H2,1-3H3/p+1/t24-/m0/s1. The number of benzene rings is 2. The number of hydrogen-bond donors (Lipinski definition) is 1. The fourth-order valence-corrected chi connectivity index (χ4v) is 5.03. The van der Waals surface area contributed by atoms with Gasteiger partial charge in [0.05, 0.1) is 18.4 Å². The fraction of sp³-hybridized carbons (Fsp3) is 0.360.